The Hall–Kier alpha value is -4.70. The summed E-state index contributed by atoms with van der Waals surface area (Å²) in [5.74, 6) is 0.750. The van der Waals surface area contributed by atoms with Crippen LogP contribution in [-0.4, -0.2) is 70.7 Å². The fourth-order valence-corrected chi connectivity index (χ4v) is 4.33. The standard InChI is InChI=1S/C28H30N8O2/c1-5-6-10-27(37)31-22-14-23(26(38-4)15-25(22)35-17-19(18-35)34(2)3)33-28-29-12-11-21(32-28)20-16-30-36-13-8-7-9-24(20)36/h5-16,19H,1,17-18H2,2-4H3,(H,31,37)(H,29,32,33)/b10-6-. The van der Waals surface area contributed by atoms with Gasteiger partial charge in [-0.3, -0.25) is 4.79 Å². The van der Waals surface area contributed by atoms with E-state index in [-0.39, 0.29) is 5.91 Å². The normalized spacial score (nSPS) is 13.6. The molecule has 10 nitrogen and oxygen atoms in total. The van der Waals surface area contributed by atoms with Crippen LogP contribution in [0.5, 0.6) is 5.75 Å². The molecule has 38 heavy (non-hydrogen) atoms. The maximum absolute atomic E-state index is 12.6. The Labute approximate surface area is 221 Å². The van der Waals surface area contributed by atoms with Gasteiger partial charge in [-0.25, -0.2) is 14.5 Å². The summed E-state index contributed by atoms with van der Waals surface area (Å²) in [5, 5.41) is 10.7. The van der Waals surface area contributed by atoms with E-state index in [0.717, 1.165) is 35.6 Å². The van der Waals surface area contributed by atoms with Gasteiger partial charge in [-0.2, -0.15) is 5.10 Å². The van der Waals surface area contributed by atoms with E-state index in [4.69, 9.17) is 9.72 Å². The molecule has 1 saturated heterocycles. The van der Waals surface area contributed by atoms with Gasteiger partial charge < -0.3 is 25.2 Å². The predicted molar refractivity (Wildman–Crippen MR) is 150 cm³/mol. The third-order valence-corrected chi connectivity index (χ3v) is 6.50. The van der Waals surface area contributed by atoms with Gasteiger partial charge >= 0.3 is 0 Å². The van der Waals surface area contributed by atoms with Crippen molar-refractivity contribution in [3.05, 3.63) is 79.8 Å². The van der Waals surface area contributed by atoms with E-state index in [1.807, 2.05) is 42.6 Å². The molecule has 3 aromatic heterocycles. The Balaban J connectivity index is 1.48. The summed E-state index contributed by atoms with van der Waals surface area (Å²) >= 11 is 0. The molecule has 0 radical (unpaired) electrons. The minimum absolute atomic E-state index is 0.252. The van der Waals surface area contributed by atoms with Crippen molar-refractivity contribution in [3.8, 4) is 17.0 Å². The number of methoxy groups -OCH3 is 1. The number of allylic oxidation sites excluding steroid dienone is 2. The quantitative estimate of drug-likeness (QED) is 0.258. The van der Waals surface area contributed by atoms with Gasteiger partial charge in [0.1, 0.15) is 5.75 Å². The highest BCUT2D eigenvalue weighted by molar-refractivity contribution is 6.02. The average molecular weight is 511 g/mol. The van der Waals surface area contributed by atoms with Gasteiger partial charge in [-0.1, -0.05) is 24.8 Å². The Bertz CT molecular complexity index is 1500. The third-order valence-electron chi connectivity index (χ3n) is 6.50. The number of rotatable bonds is 9. The van der Waals surface area contributed by atoms with Crippen molar-refractivity contribution in [1.82, 2.24) is 24.5 Å². The fourth-order valence-electron chi connectivity index (χ4n) is 4.33. The smallest absolute Gasteiger partial charge is 0.248 e. The fraction of sp³-hybridized carbons (Fsp3) is 0.214. The van der Waals surface area contributed by atoms with Crippen molar-refractivity contribution >= 4 is 34.4 Å². The van der Waals surface area contributed by atoms with Gasteiger partial charge in [0.25, 0.3) is 0 Å². The molecule has 2 N–H and O–H groups in total. The maximum atomic E-state index is 12.6. The largest absolute Gasteiger partial charge is 0.494 e. The van der Waals surface area contributed by atoms with Crippen LogP contribution in [0.4, 0.5) is 23.0 Å². The predicted octanol–water partition coefficient (Wildman–Crippen LogP) is 3.97. The minimum Gasteiger partial charge on any atom is -0.494 e. The number of ether oxygens (including phenoxy) is 1. The number of benzene rings is 1. The van der Waals surface area contributed by atoms with Crippen LogP contribution in [0.1, 0.15) is 0 Å². The van der Waals surface area contributed by atoms with Gasteiger partial charge in [-0.05, 0) is 38.4 Å². The third kappa shape index (κ3) is 5.07. The summed E-state index contributed by atoms with van der Waals surface area (Å²) in [7, 11) is 5.75. The molecule has 0 atom stereocenters. The molecular formula is C28H30N8O2. The molecule has 1 aliphatic rings. The van der Waals surface area contributed by atoms with Gasteiger partial charge in [0.15, 0.2) is 0 Å². The number of amides is 1. The first-order chi connectivity index (χ1) is 18.5. The zero-order valence-corrected chi connectivity index (χ0v) is 21.6. The Morgan fingerprint density at radius 3 is 2.82 bits per heavy atom. The number of carbonyl (C=O) groups is 1. The molecule has 0 aliphatic carbocycles. The summed E-state index contributed by atoms with van der Waals surface area (Å²) < 4.78 is 7.53. The number of aromatic nitrogens is 4. The molecule has 4 heterocycles. The molecule has 194 valence electrons. The Morgan fingerprint density at radius 1 is 1.21 bits per heavy atom. The summed E-state index contributed by atoms with van der Waals surface area (Å²) in [6, 6.07) is 11.9. The second-order valence-corrected chi connectivity index (χ2v) is 9.16. The average Bonchev–Trinajstić information content (AvgIpc) is 3.32. The first-order valence-corrected chi connectivity index (χ1v) is 12.2. The van der Waals surface area contributed by atoms with E-state index in [0.29, 0.717) is 29.1 Å². The number of anilines is 4. The molecule has 1 aromatic carbocycles. The van der Waals surface area contributed by atoms with Crippen LogP contribution in [0.3, 0.4) is 0 Å². The van der Waals surface area contributed by atoms with E-state index in [9.17, 15) is 4.79 Å². The van der Waals surface area contributed by atoms with Crippen LogP contribution in [0.15, 0.2) is 79.8 Å². The highest BCUT2D eigenvalue weighted by atomic mass is 16.5. The number of nitrogens with zero attached hydrogens (tertiary/aromatic N) is 6. The molecule has 1 aliphatic heterocycles. The van der Waals surface area contributed by atoms with E-state index in [1.165, 1.54) is 6.08 Å². The molecular weight excluding hydrogens is 480 g/mol. The van der Waals surface area contributed by atoms with E-state index in [2.05, 4.69) is 51.2 Å². The van der Waals surface area contributed by atoms with E-state index >= 15 is 0 Å². The number of hydrogen-bond donors (Lipinski definition) is 2. The van der Waals surface area contributed by atoms with E-state index < -0.39 is 0 Å². The molecule has 0 saturated carbocycles. The summed E-state index contributed by atoms with van der Waals surface area (Å²) in [6.45, 7) is 5.33. The minimum atomic E-state index is -0.252. The van der Waals surface area contributed by atoms with Gasteiger partial charge in [0, 0.05) is 49.2 Å². The molecule has 1 fully saturated rings. The van der Waals surface area contributed by atoms with Crippen molar-refractivity contribution in [3.63, 3.8) is 0 Å². The molecule has 5 rings (SSSR count). The lowest BCUT2D eigenvalue weighted by Gasteiger charge is -2.45. The topological polar surface area (TPSA) is 99.9 Å². The van der Waals surface area contributed by atoms with Crippen LogP contribution in [0.2, 0.25) is 0 Å². The number of fused-ring (bicyclic) bond motifs is 1. The summed E-state index contributed by atoms with van der Waals surface area (Å²) in [5.41, 5.74) is 4.74. The summed E-state index contributed by atoms with van der Waals surface area (Å²) in [4.78, 5) is 26.1. The first kappa shape index (κ1) is 25.0. The zero-order chi connectivity index (χ0) is 26.6. The van der Waals surface area contributed by atoms with Crippen LogP contribution in [0.25, 0.3) is 16.8 Å². The lowest BCUT2D eigenvalue weighted by atomic mass is 10.0. The lowest BCUT2D eigenvalue weighted by molar-refractivity contribution is -0.111. The maximum Gasteiger partial charge on any atom is 0.248 e. The molecule has 4 aromatic rings. The van der Waals surface area contributed by atoms with Gasteiger partial charge in [-0.15, -0.1) is 0 Å². The van der Waals surface area contributed by atoms with Crippen molar-refractivity contribution in [2.75, 3.05) is 49.8 Å². The van der Waals surface area contributed by atoms with Gasteiger partial charge in [0.05, 0.1) is 41.6 Å². The van der Waals surface area contributed by atoms with Gasteiger partial charge in [0.2, 0.25) is 11.9 Å². The SMILES string of the molecule is C=C/C=C\C(=O)Nc1cc(Nc2nccc(-c3cnn4ccccc34)n2)c(OC)cc1N1CC(N(C)C)C1. The Kier molecular flexibility index (Phi) is 7.05. The molecule has 0 unspecified atom stereocenters. The van der Waals surface area contributed by atoms with Crippen LogP contribution < -0.4 is 20.3 Å². The van der Waals surface area contributed by atoms with Crippen LogP contribution in [-0.2, 0) is 4.79 Å². The number of carbonyl (C=O) groups excluding carboxylic acids is 1. The van der Waals surface area contributed by atoms with Crippen LogP contribution >= 0.6 is 0 Å². The summed E-state index contributed by atoms with van der Waals surface area (Å²) in [6.07, 6.45) is 9.98. The highest BCUT2D eigenvalue weighted by Crippen LogP contribution is 2.40. The van der Waals surface area contributed by atoms with Crippen molar-refractivity contribution < 1.29 is 9.53 Å². The molecule has 10 heteroatoms. The van der Waals surface area contributed by atoms with Crippen molar-refractivity contribution in [2.24, 2.45) is 0 Å². The second-order valence-electron chi connectivity index (χ2n) is 9.16. The van der Waals surface area contributed by atoms with Crippen LogP contribution in [0, 0.1) is 0 Å². The highest BCUT2D eigenvalue weighted by Gasteiger charge is 2.31. The zero-order valence-electron chi connectivity index (χ0n) is 21.6. The van der Waals surface area contributed by atoms with Crippen molar-refractivity contribution in [1.29, 1.82) is 0 Å². The van der Waals surface area contributed by atoms with Crippen molar-refractivity contribution in [2.45, 2.75) is 6.04 Å². The second kappa shape index (κ2) is 10.7. The molecule has 0 bridgehead atoms. The number of likely N-dealkylation sites (N-methyl/N-ethyl adjacent to an activating group) is 1. The number of pyridine rings is 1. The first-order valence-electron chi connectivity index (χ1n) is 12.2. The lowest BCUT2D eigenvalue weighted by Crippen LogP contribution is -2.57. The monoisotopic (exact) mass is 510 g/mol. The van der Waals surface area contributed by atoms with E-state index in [1.54, 1.807) is 36.2 Å². The molecule has 0 spiro atoms. The Morgan fingerprint density at radius 2 is 2.05 bits per heavy atom. The number of nitrogens with one attached hydrogen (secondary N) is 2. The number of hydrogen-bond acceptors (Lipinski definition) is 8. The molecule has 1 amide bonds.